The van der Waals surface area contributed by atoms with Crippen molar-refractivity contribution in [3.05, 3.63) is 102 Å². The zero-order valence-electron chi connectivity index (χ0n) is 21.2. The van der Waals surface area contributed by atoms with Crippen LogP contribution in [0.1, 0.15) is 22.3 Å². The van der Waals surface area contributed by atoms with Crippen LogP contribution in [0.2, 0.25) is 0 Å². The van der Waals surface area contributed by atoms with Crippen LogP contribution in [0, 0.1) is 13.8 Å². The van der Waals surface area contributed by atoms with E-state index in [4.69, 9.17) is 9.47 Å². The Morgan fingerprint density at radius 2 is 1.78 bits per heavy atom. The number of methoxy groups -OCH3 is 1. The number of rotatable bonds is 12. The number of benzene rings is 3. The van der Waals surface area contributed by atoms with E-state index in [2.05, 4.69) is 17.1 Å². The van der Waals surface area contributed by atoms with E-state index in [1.807, 2.05) is 38.1 Å². The third-order valence-corrected chi connectivity index (χ3v) is 7.17. The van der Waals surface area contributed by atoms with Crippen molar-refractivity contribution in [3.63, 3.8) is 0 Å². The number of hydrogen-bond acceptors (Lipinski definition) is 6. The second-order valence-electron chi connectivity index (χ2n) is 8.38. The van der Waals surface area contributed by atoms with Crippen molar-refractivity contribution in [3.8, 4) is 11.5 Å². The minimum absolute atomic E-state index is 0.0401. The van der Waals surface area contributed by atoms with Crippen molar-refractivity contribution < 1.29 is 22.7 Å². The van der Waals surface area contributed by atoms with Crippen molar-refractivity contribution in [2.24, 2.45) is 5.10 Å². The SMILES string of the molecule is C=CCOc1ccc(/C=N\NC(=O)CN(Cc2cccc(C)c2)S(=O)(=O)c2ccc(C)cc2)cc1OC. The molecular weight excluding hydrogens is 490 g/mol. The molecule has 0 heterocycles. The van der Waals surface area contributed by atoms with Crippen LogP contribution < -0.4 is 14.9 Å². The Balaban J connectivity index is 1.76. The van der Waals surface area contributed by atoms with Crippen molar-refractivity contribution in [1.82, 2.24) is 9.73 Å². The number of nitrogens with zero attached hydrogens (tertiary/aromatic N) is 2. The highest BCUT2D eigenvalue weighted by atomic mass is 32.2. The van der Waals surface area contributed by atoms with Crippen LogP contribution in [-0.2, 0) is 21.4 Å². The highest BCUT2D eigenvalue weighted by Gasteiger charge is 2.27. The fourth-order valence-electron chi connectivity index (χ4n) is 3.51. The summed E-state index contributed by atoms with van der Waals surface area (Å²) in [7, 11) is -2.42. The number of amides is 1. The quantitative estimate of drug-likeness (QED) is 0.219. The summed E-state index contributed by atoms with van der Waals surface area (Å²) in [5, 5.41) is 3.99. The molecule has 0 bridgehead atoms. The number of hydrogen-bond donors (Lipinski definition) is 1. The molecule has 0 saturated heterocycles. The monoisotopic (exact) mass is 521 g/mol. The highest BCUT2D eigenvalue weighted by Crippen LogP contribution is 2.27. The Kier molecular flexibility index (Phi) is 9.59. The van der Waals surface area contributed by atoms with Gasteiger partial charge in [-0.3, -0.25) is 4.79 Å². The highest BCUT2D eigenvalue weighted by molar-refractivity contribution is 7.89. The summed E-state index contributed by atoms with van der Waals surface area (Å²) in [4.78, 5) is 12.9. The van der Waals surface area contributed by atoms with E-state index in [-0.39, 0.29) is 11.4 Å². The van der Waals surface area contributed by atoms with Crippen LogP contribution in [-0.4, -0.2) is 45.1 Å². The van der Waals surface area contributed by atoms with E-state index < -0.39 is 22.5 Å². The lowest BCUT2D eigenvalue weighted by Crippen LogP contribution is -2.39. The summed E-state index contributed by atoms with van der Waals surface area (Å²) >= 11 is 0. The van der Waals surface area contributed by atoms with Gasteiger partial charge >= 0.3 is 0 Å². The second kappa shape index (κ2) is 12.8. The zero-order valence-corrected chi connectivity index (χ0v) is 22.0. The Bertz CT molecular complexity index is 1370. The lowest BCUT2D eigenvalue weighted by Gasteiger charge is -2.22. The molecule has 1 amide bonds. The Morgan fingerprint density at radius 3 is 2.46 bits per heavy atom. The minimum atomic E-state index is -3.94. The molecule has 3 aromatic carbocycles. The predicted molar refractivity (Wildman–Crippen MR) is 144 cm³/mol. The van der Waals surface area contributed by atoms with Crippen LogP contribution in [0.25, 0.3) is 0 Å². The molecule has 0 fully saturated rings. The molecule has 0 unspecified atom stereocenters. The number of ether oxygens (including phenoxy) is 2. The first-order valence-corrected chi connectivity index (χ1v) is 13.0. The fraction of sp³-hybridized carbons (Fsp3) is 0.214. The summed E-state index contributed by atoms with van der Waals surface area (Å²) in [6.45, 7) is 7.40. The number of nitrogens with one attached hydrogen (secondary N) is 1. The molecule has 9 heteroatoms. The summed E-state index contributed by atoms with van der Waals surface area (Å²) in [5.41, 5.74) is 5.79. The molecule has 194 valence electrons. The average Bonchev–Trinajstić information content (AvgIpc) is 2.87. The second-order valence-corrected chi connectivity index (χ2v) is 10.3. The number of sulfonamides is 1. The van der Waals surface area contributed by atoms with Gasteiger partial charge in [0.25, 0.3) is 5.91 Å². The summed E-state index contributed by atoms with van der Waals surface area (Å²) in [6.07, 6.45) is 3.07. The average molecular weight is 522 g/mol. The van der Waals surface area contributed by atoms with Crippen LogP contribution in [0.4, 0.5) is 0 Å². The smallest absolute Gasteiger partial charge is 0.255 e. The molecule has 0 saturated carbocycles. The maximum Gasteiger partial charge on any atom is 0.255 e. The van der Waals surface area contributed by atoms with Crippen LogP contribution in [0.5, 0.6) is 11.5 Å². The van der Waals surface area contributed by atoms with E-state index in [1.54, 1.807) is 48.5 Å². The van der Waals surface area contributed by atoms with Crippen LogP contribution in [0.3, 0.4) is 0 Å². The molecule has 0 spiro atoms. The molecule has 3 rings (SSSR count). The summed E-state index contributed by atoms with van der Waals surface area (Å²) < 4.78 is 38.8. The third kappa shape index (κ3) is 7.77. The van der Waals surface area contributed by atoms with Gasteiger partial charge in [-0.25, -0.2) is 13.8 Å². The Labute approximate surface area is 218 Å². The number of carbonyl (C=O) groups is 1. The molecular formula is C28H31N3O5S. The van der Waals surface area contributed by atoms with Gasteiger partial charge in [0.1, 0.15) is 6.61 Å². The van der Waals surface area contributed by atoms with Crippen molar-refractivity contribution in [2.75, 3.05) is 20.3 Å². The lowest BCUT2D eigenvalue weighted by molar-refractivity contribution is -0.121. The topological polar surface area (TPSA) is 97.3 Å². The maximum absolute atomic E-state index is 13.4. The van der Waals surface area contributed by atoms with Gasteiger partial charge in [-0.1, -0.05) is 60.2 Å². The van der Waals surface area contributed by atoms with Gasteiger partial charge in [-0.2, -0.15) is 9.41 Å². The zero-order chi connectivity index (χ0) is 26.8. The summed E-state index contributed by atoms with van der Waals surface area (Å²) in [6, 6.07) is 19.2. The molecule has 0 atom stereocenters. The van der Waals surface area contributed by atoms with E-state index in [9.17, 15) is 13.2 Å². The van der Waals surface area contributed by atoms with Gasteiger partial charge in [0, 0.05) is 6.54 Å². The molecule has 0 aliphatic rings. The molecule has 0 radical (unpaired) electrons. The molecule has 1 N–H and O–H groups in total. The number of aryl methyl sites for hydroxylation is 2. The molecule has 37 heavy (non-hydrogen) atoms. The van der Waals surface area contributed by atoms with Gasteiger partial charge in [-0.05, 0) is 55.3 Å². The molecule has 8 nitrogen and oxygen atoms in total. The summed E-state index contributed by atoms with van der Waals surface area (Å²) in [5.74, 6) is 0.486. The fourth-order valence-corrected chi connectivity index (χ4v) is 4.89. The van der Waals surface area contributed by atoms with Gasteiger partial charge < -0.3 is 9.47 Å². The largest absolute Gasteiger partial charge is 0.493 e. The van der Waals surface area contributed by atoms with Crippen molar-refractivity contribution in [2.45, 2.75) is 25.3 Å². The minimum Gasteiger partial charge on any atom is -0.493 e. The van der Waals surface area contributed by atoms with E-state index in [1.165, 1.54) is 13.3 Å². The molecule has 3 aromatic rings. The predicted octanol–water partition coefficient (Wildman–Crippen LogP) is 4.22. The number of hydrazone groups is 1. The third-order valence-electron chi connectivity index (χ3n) is 5.37. The first-order valence-electron chi connectivity index (χ1n) is 11.6. The normalized spacial score (nSPS) is 11.5. The standard InChI is InChI=1S/C28H31N3O5S/c1-5-15-36-26-14-11-23(17-27(26)35-4)18-29-30-28(32)20-31(19-24-8-6-7-22(3)16-24)37(33,34)25-12-9-21(2)10-13-25/h5-14,16-18H,1,15,19-20H2,2-4H3,(H,30,32)/b29-18-. The van der Waals surface area contributed by atoms with Gasteiger partial charge in [0.2, 0.25) is 10.0 Å². The van der Waals surface area contributed by atoms with Gasteiger partial charge in [0.05, 0.1) is 24.8 Å². The van der Waals surface area contributed by atoms with E-state index in [0.717, 1.165) is 21.0 Å². The van der Waals surface area contributed by atoms with Gasteiger partial charge in [0.15, 0.2) is 11.5 Å². The Morgan fingerprint density at radius 1 is 1.03 bits per heavy atom. The van der Waals surface area contributed by atoms with E-state index in [0.29, 0.717) is 23.7 Å². The molecule has 0 aromatic heterocycles. The van der Waals surface area contributed by atoms with Crippen molar-refractivity contribution in [1.29, 1.82) is 0 Å². The van der Waals surface area contributed by atoms with Crippen molar-refractivity contribution >= 4 is 22.1 Å². The van der Waals surface area contributed by atoms with Crippen LogP contribution >= 0.6 is 0 Å². The molecule has 0 aliphatic heterocycles. The number of carbonyl (C=O) groups excluding carboxylic acids is 1. The van der Waals surface area contributed by atoms with Gasteiger partial charge in [-0.15, -0.1) is 0 Å². The molecule has 0 aliphatic carbocycles. The van der Waals surface area contributed by atoms with E-state index >= 15 is 0 Å². The lowest BCUT2D eigenvalue weighted by atomic mass is 10.1. The first-order chi connectivity index (χ1) is 17.7. The first kappa shape index (κ1) is 27.6. The van der Waals surface area contributed by atoms with Crippen LogP contribution in [0.15, 0.2) is 89.4 Å². The Hall–Kier alpha value is -3.95. The maximum atomic E-state index is 13.4.